The zero-order valence-corrected chi connectivity index (χ0v) is 13.2. The summed E-state index contributed by atoms with van der Waals surface area (Å²) >= 11 is 0. The standard InChI is InChI=1S/C16H26N2O3/c1-19-14-8-7-12(15(20-2)16(14)21-3)11-18-9-5-4-6-13(18)10-17/h7-8,13H,4-6,9-11,17H2,1-3H3. The van der Waals surface area contributed by atoms with Gasteiger partial charge < -0.3 is 19.9 Å². The summed E-state index contributed by atoms with van der Waals surface area (Å²) in [6.07, 6.45) is 3.67. The Labute approximate surface area is 127 Å². The second-order valence-electron chi connectivity index (χ2n) is 5.35. The third-order valence-corrected chi connectivity index (χ3v) is 4.18. The molecule has 1 heterocycles. The molecule has 0 aliphatic carbocycles. The lowest BCUT2D eigenvalue weighted by molar-refractivity contribution is 0.143. The molecule has 0 saturated carbocycles. The number of piperidine rings is 1. The maximum Gasteiger partial charge on any atom is 0.203 e. The van der Waals surface area contributed by atoms with Gasteiger partial charge in [0.2, 0.25) is 5.75 Å². The highest BCUT2D eigenvalue weighted by molar-refractivity contribution is 5.55. The summed E-state index contributed by atoms with van der Waals surface area (Å²) in [5.41, 5.74) is 7.01. The molecule has 0 aromatic heterocycles. The van der Waals surface area contributed by atoms with Gasteiger partial charge in [-0.05, 0) is 25.5 Å². The molecule has 0 amide bonds. The summed E-state index contributed by atoms with van der Waals surface area (Å²) in [5.74, 6) is 2.09. The molecule has 2 N–H and O–H groups in total. The van der Waals surface area contributed by atoms with E-state index in [0.717, 1.165) is 24.4 Å². The smallest absolute Gasteiger partial charge is 0.203 e. The lowest BCUT2D eigenvalue weighted by atomic mass is 10.0. The molecule has 118 valence electrons. The first-order chi connectivity index (χ1) is 10.2. The normalized spacial score (nSPS) is 19.3. The Morgan fingerprint density at radius 1 is 1.10 bits per heavy atom. The summed E-state index contributed by atoms with van der Waals surface area (Å²) in [6.45, 7) is 2.61. The highest BCUT2D eigenvalue weighted by atomic mass is 16.5. The number of nitrogens with zero attached hydrogens (tertiary/aromatic N) is 1. The summed E-state index contributed by atoms with van der Waals surface area (Å²) in [7, 11) is 4.93. The Morgan fingerprint density at radius 2 is 1.86 bits per heavy atom. The maximum atomic E-state index is 5.90. The number of benzene rings is 1. The van der Waals surface area contributed by atoms with Gasteiger partial charge in [-0.3, -0.25) is 4.90 Å². The lowest BCUT2D eigenvalue weighted by Crippen LogP contribution is -2.43. The van der Waals surface area contributed by atoms with E-state index >= 15 is 0 Å². The Bertz CT molecular complexity index is 465. The molecule has 5 nitrogen and oxygen atoms in total. The van der Waals surface area contributed by atoms with Crippen LogP contribution in [0.25, 0.3) is 0 Å². The van der Waals surface area contributed by atoms with Crippen LogP contribution in [0.15, 0.2) is 12.1 Å². The zero-order valence-electron chi connectivity index (χ0n) is 13.2. The van der Waals surface area contributed by atoms with Crippen LogP contribution in [0.2, 0.25) is 0 Å². The summed E-state index contributed by atoms with van der Waals surface area (Å²) in [4.78, 5) is 2.44. The Balaban J connectivity index is 2.26. The SMILES string of the molecule is COc1ccc(CN2CCCCC2CN)c(OC)c1OC. The number of hydrogen-bond acceptors (Lipinski definition) is 5. The minimum Gasteiger partial charge on any atom is -0.493 e. The van der Waals surface area contributed by atoms with Gasteiger partial charge >= 0.3 is 0 Å². The molecule has 1 aliphatic heterocycles. The van der Waals surface area contributed by atoms with E-state index in [4.69, 9.17) is 19.9 Å². The molecule has 0 bridgehead atoms. The van der Waals surface area contributed by atoms with Crippen LogP contribution in [-0.4, -0.2) is 45.4 Å². The van der Waals surface area contributed by atoms with E-state index in [9.17, 15) is 0 Å². The first-order valence-corrected chi connectivity index (χ1v) is 7.47. The number of ether oxygens (including phenoxy) is 3. The molecule has 1 fully saturated rings. The van der Waals surface area contributed by atoms with Crippen LogP contribution in [-0.2, 0) is 6.54 Å². The van der Waals surface area contributed by atoms with E-state index < -0.39 is 0 Å². The highest BCUT2D eigenvalue weighted by Gasteiger charge is 2.24. The van der Waals surface area contributed by atoms with Crippen molar-refractivity contribution in [3.05, 3.63) is 17.7 Å². The molecule has 1 aromatic rings. The molecule has 1 atom stereocenters. The molecular formula is C16H26N2O3. The first-order valence-electron chi connectivity index (χ1n) is 7.47. The van der Waals surface area contributed by atoms with Crippen molar-refractivity contribution in [2.75, 3.05) is 34.4 Å². The minimum absolute atomic E-state index is 0.455. The van der Waals surface area contributed by atoms with Crippen molar-refractivity contribution in [1.29, 1.82) is 0 Å². The van der Waals surface area contributed by atoms with Gasteiger partial charge in [-0.15, -0.1) is 0 Å². The number of methoxy groups -OCH3 is 3. The van der Waals surface area contributed by atoms with Crippen molar-refractivity contribution in [2.24, 2.45) is 5.73 Å². The molecule has 1 unspecified atom stereocenters. The minimum atomic E-state index is 0.455. The summed E-state index contributed by atoms with van der Waals surface area (Å²) in [6, 6.07) is 4.43. The molecule has 1 aromatic carbocycles. The van der Waals surface area contributed by atoms with Gasteiger partial charge in [0.1, 0.15) is 0 Å². The second-order valence-corrected chi connectivity index (χ2v) is 5.35. The first kappa shape index (κ1) is 15.9. The van der Waals surface area contributed by atoms with E-state index in [0.29, 0.717) is 24.1 Å². The number of rotatable bonds is 6. The van der Waals surface area contributed by atoms with Gasteiger partial charge in [0.05, 0.1) is 21.3 Å². The van der Waals surface area contributed by atoms with E-state index in [-0.39, 0.29) is 0 Å². The van der Waals surface area contributed by atoms with Crippen molar-refractivity contribution in [1.82, 2.24) is 4.90 Å². The Hall–Kier alpha value is -1.46. The fourth-order valence-electron chi connectivity index (χ4n) is 3.04. The van der Waals surface area contributed by atoms with Crippen LogP contribution in [0.4, 0.5) is 0 Å². The van der Waals surface area contributed by atoms with Crippen LogP contribution in [0.3, 0.4) is 0 Å². The molecule has 21 heavy (non-hydrogen) atoms. The zero-order chi connectivity index (χ0) is 15.2. The number of likely N-dealkylation sites (tertiary alicyclic amines) is 1. The fraction of sp³-hybridized carbons (Fsp3) is 0.625. The highest BCUT2D eigenvalue weighted by Crippen LogP contribution is 2.40. The van der Waals surface area contributed by atoms with Crippen molar-refractivity contribution < 1.29 is 14.2 Å². The molecule has 2 rings (SSSR count). The van der Waals surface area contributed by atoms with Gasteiger partial charge in [0.25, 0.3) is 0 Å². The summed E-state index contributed by atoms with van der Waals surface area (Å²) < 4.78 is 16.3. The van der Waals surface area contributed by atoms with E-state index in [1.807, 2.05) is 12.1 Å². The fourth-order valence-corrected chi connectivity index (χ4v) is 3.04. The van der Waals surface area contributed by atoms with E-state index in [2.05, 4.69) is 4.90 Å². The van der Waals surface area contributed by atoms with Crippen molar-refractivity contribution in [3.63, 3.8) is 0 Å². The molecular weight excluding hydrogens is 268 g/mol. The molecule has 1 saturated heterocycles. The van der Waals surface area contributed by atoms with Crippen molar-refractivity contribution >= 4 is 0 Å². The van der Waals surface area contributed by atoms with Gasteiger partial charge in [-0.1, -0.05) is 12.5 Å². The predicted molar refractivity (Wildman–Crippen MR) is 83.2 cm³/mol. The van der Waals surface area contributed by atoms with Gasteiger partial charge in [-0.25, -0.2) is 0 Å². The molecule has 0 radical (unpaired) electrons. The average Bonchev–Trinajstić information content (AvgIpc) is 2.54. The van der Waals surface area contributed by atoms with E-state index in [1.54, 1.807) is 21.3 Å². The van der Waals surface area contributed by atoms with Gasteiger partial charge in [0, 0.05) is 24.7 Å². The quantitative estimate of drug-likeness (QED) is 0.870. The van der Waals surface area contributed by atoms with Crippen LogP contribution in [0, 0.1) is 0 Å². The largest absolute Gasteiger partial charge is 0.493 e. The van der Waals surface area contributed by atoms with Gasteiger partial charge in [-0.2, -0.15) is 0 Å². The van der Waals surface area contributed by atoms with Crippen LogP contribution >= 0.6 is 0 Å². The monoisotopic (exact) mass is 294 g/mol. The third-order valence-electron chi connectivity index (χ3n) is 4.18. The molecule has 5 heteroatoms. The third kappa shape index (κ3) is 3.41. The van der Waals surface area contributed by atoms with Crippen LogP contribution in [0.5, 0.6) is 17.2 Å². The van der Waals surface area contributed by atoms with Gasteiger partial charge in [0.15, 0.2) is 11.5 Å². The lowest BCUT2D eigenvalue weighted by Gasteiger charge is -2.35. The van der Waals surface area contributed by atoms with Crippen LogP contribution < -0.4 is 19.9 Å². The second kappa shape index (κ2) is 7.52. The van der Waals surface area contributed by atoms with Crippen LogP contribution in [0.1, 0.15) is 24.8 Å². The Kier molecular flexibility index (Phi) is 5.70. The molecule has 0 spiro atoms. The topological polar surface area (TPSA) is 57.0 Å². The maximum absolute atomic E-state index is 5.90. The predicted octanol–water partition coefficient (Wildman–Crippen LogP) is 2.03. The summed E-state index contributed by atoms with van der Waals surface area (Å²) in [5, 5.41) is 0. The van der Waals surface area contributed by atoms with E-state index in [1.165, 1.54) is 19.3 Å². The number of nitrogens with two attached hydrogens (primary N) is 1. The average molecular weight is 294 g/mol. The van der Waals surface area contributed by atoms with Crippen molar-refractivity contribution in [3.8, 4) is 17.2 Å². The Morgan fingerprint density at radius 3 is 2.48 bits per heavy atom. The molecule has 1 aliphatic rings. The number of hydrogen-bond donors (Lipinski definition) is 1. The van der Waals surface area contributed by atoms with Crippen molar-refractivity contribution in [2.45, 2.75) is 31.8 Å².